The number of halogens is 2. The predicted molar refractivity (Wildman–Crippen MR) is 78.4 cm³/mol. The van der Waals surface area contributed by atoms with Crippen LogP contribution in [0.1, 0.15) is 0 Å². The van der Waals surface area contributed by atoms with E-state index < -0.39 is 11.6 Å². The number of nitrogens with two attached hydrogens (primary N) is 1. The molecule has 0 aliphatic carbocycles. The second kappa shape index (κ2) is 5.01. The lowest BCUT2D eigenvalue weighted by Gasteiger charge is -2.02. The van der Waals surface area contributed by atoms with Gasteiger partial charge in [-0.15, -0.1) is 0 Å². The summed E-state index contributed by atoms with van der Waals surface area (Å²) >= 11 is 0. The lowest BCUT2D eigenvalue weighted by atomic mass is 10.1. The van der Waals surface area contributed by atoms with Crippen LogP contribution in [0.4, 0.5) is 14.6 Å². The van der Waals surface area contributed by atoms with Crippen molar-refractivity contribution >= 4 is 5.82 Å². The molecular weight excluding hydrogens is 272 g/mol. The zero-order valence-electron chi connectivity index (χ0n) is 11.3. The highest BCUT2D eigenvalue weighted by Crippen LogP contribution is 2.30. The topological polar surface area (TPSA) is 43.8 Å². The van der Waals surface area contributed by atoms with E-state index >= 15 is 0 Å². The maximum absolute atomic E-state index is 13.4. The number of imidazole rings is 1. The molecule has 21 heavy (non-hydrogen) atoms. The molecule has 0 aliphatic heterocycles. The van der Waals surface area contributed by atoms with Crippen LogP contribution in [0.15, 0.2) is 48.5 Å². The van der Waals surface area contributed by atoms with Crippen molar-refractivity contribution in [3.8, 4) is 22.6 Å². The van der Waals surface area contributed by atoms with Gasteiger partial charge in [0.15, 0.2) is 0 Å². The van der Waals surface area contributed by atoms with Crippen molar-refractivity contribution in [1.82, 2.24) is 9.55 Å². The molecule has 0 saturated heterocycles. The third-order valence-electron chi connectivity index (χ3n) is 3.31. The highest BCUT2D eigenvalue weighted by atomic mass is 19.1. The van der Waals surface area contributed by atoms with Crippen LogP contribution in [0.3, 0.4) is 0 Å². The summed E-state index contributed by atoms with van der Waals surface area (Å²) in [5.74, 6) is -0.306. The first-order valence-corrected chi connectivity index (χ1v) is 6.40. The van der Waals surface area contributed by atoms with Crippen LogP contribution >= 0.6 is 0 Å². The maximum Gasteiger partial charge on any atom is 0.142 e. The van der Waals surface area contributed by atoms with Crippen LogP contribution < -0.4 is 5.73 Å². The minimum atomic E-state index is -0.656. The Kier molecular flexibility index (Phi) is 3.17. The normalized spacial score (nSPS) is 10.8. The summed E-state index contributed by atoms with van der Waals surface area (Å²) in [5.41, 5.74) is 7.60. The van der Waals surface area contributed by atoms with Crippen LogP contribution in [0.25, 0.3) is 22.6 Å². The van der Waals surface area contributed by atoms with Crippen molar-refractivity contribution < 1.29 is 8.78 Å². The van der Waals surface area contributed by atoms with Gasteiger partial charge in [0.1, 0.15) is 29.0 Å². The Bertz CT molecular complexity index is 775. The molecule has 106 valence electrons. The number of aromatic nitrogens is 2. The van der Waals surface area contributed by atoms with Gasteiger partial charge in [0.05, 0.1) is 0 Å². The van der Waals surface area contributed by atoms with Crippen molar-refractivity contribution in [3.63, 3.8) is 0 Å². The van der Waals surface area contributed by atoms with Gasteiger partial charge in [0, 0.05) is 24.2 Å². The van der Waals surface area contributed by atoms with E-state index in [1.165, 1.54) is 12.1 Å². The molecule has 0 amide bonds. The van der Waals surface area contributed by atoms with Crippen LogP contribution in [0.2, 0.25) is 0 Å². The van der Waals surface area contributed by atoms with Gasteiger partial charge in [-0.1, -0.05) is 30.3 Å². The van der Waals surface area contributed by atoms with Crippen LogP contribution in [0, 0.1) is 11.6 Å². The average Bonchev–Trinajstić information content (AvgIpc) is 2.75. The number of anilines is 1. The number of nitrogen functional groups attached to an aromatic ring is 1. The molecule has 0 bridgehead atoms. The highest BCUT2D eigenvalue weighted by Gasteiger charge is 2.16. The third-order valence-corrected chi connectivity index (χ3v) is 3.31. The number of rotatable bonds is 2. The Morgan fingerprint density at radius 1 is 0.952 bits per heavy atom. The fourth-order valence-corrected chi connectivity index (χ4v) is 2.26. The van der Waals surface area contributed by atoms with E-state index in [0.717, 1.165) is 11.6 Å². The monoisotopic (exact) mass is 285 g/mol. The average molecular weight is 285 g/mol. The fourth-order valence-electron chi connectivity index (χ4n) is 2.26. The van der Waals surface area contributed by atoms with Crippen molar-refractivity contribution in [2.75, 3.05) is 5.73 Å². The molecule has 5 heteroatoms. The molecular formula is C16H13F2N3. The number of benzene rings is 2. The molecule has 0 saturated carbocycles. The summed E-state index contributed by atoms with van der Waals surface area (Å²) in [6.07, 6.45) is 0. The summed E-state index contributed by atoms with van der Waals surface area (Å²) in [6.45, 7) is 0. The van der Waals surface area contributed by atoms with Gasteiger partial charge in [-0.3, -0.25) is 0 Å². The van der Waals surface area contributed by atoms with Crippen molar-refractivity contribution in [3.05, 3.63) is 60.2 Å². The molecule has 3 nitrogen and oxygen atoms in total. The molecule has 0 radical (unpaired) electrons. The fraction of sp³-hybridized carbons (Fsp3) is 0.0625. The largest absolute Gasteiger partial charge is 0.383 e. The second-order valence-corrected chi connectivity index (χ2v) is 4.75. The van der Waals surface area contributed by atoms with E-state index in [1.807, 2.05) is 30.3 Å². The minimum absolute atomic E-state index is 0.322. The Hall–Kier alpha value is -2.69. The van der Waals surface area contributed by atoms with Crippen molar-refractivity contribution in [2.45, 2.75) is 0 Å². The summed E-state index contributed by atoms with van der Waals surface area (Å²) in [4.78, 5) is 4.44. The van der Waals surface area contributed by atoms with Crippen molar-refractivity contribution in [1.29, 1.82) is 0 Å². The standard InChI is InChI=1S/C16H13F2N3/c1-21-15(19)14(11-7-12(17)9-13(18)8-11)20-16(21)10-5-3-2-4-6-10/h2-9H,19H2,1H3. The Morgan fingerprint density at radius 3 is 2.19 bits per heavy atom. The minimum Gasteiger partial charge on any atom is -0.383 e. The molecule has 0 fully saturated rings. The lowest BCUT2D eigenvalue weighted by molar-refractivity contribution is 0.584. The molecule has 3 rings (SSSR count). The molecule has 3 aromatic rings. The molecule has 1 heterocycles. The third kappa shape index (κ3) is 2.38. The summed E-state index contributed by atoms with van der Waals surface area (Å²) in [7, 11) is 1.77. The Morgan fingerprint density at radius 2 is 1.57 bits per heavy atom. The summed E-state index contributed by atoms with van der Waals surface area (Å²) in [6, 6.07) is 12.7. The van der Waals surface area contributed by atoms with E-state index in [-0.39, 0.29) is 0 Å². The summed E-state index contributed by atoms with van der Waals surface area (Å²) < 4.78 is 28.4. The smallest absolute Gasteiger partial charge is 0.142 e. The second-order valence-electron chi connectivity index (χ2n) is 4.75. The van der Waals surface area contributed by atoms with Gasteiger partial charge in [-0.25, -0.2) is 13.8 Å². The molecule has 0 atom stereocenters. The molecule has 0 spiro atoms. The number of hydrogen-bond donors (Lipinski definition) is 1. The van der Waals surface area contributed by atoms with E-state index in [0.29, 0.717) is 22.9 Å². The Labute approximate surface area is 120 Å². The van der Waals surface area contributed by atoms with Crippen LogP contribution in [-0.2, 0) is 7.05 Å². The van der Waals surface area contributed by atoms with Gasteiger partial charge in [0.2, 0.25) is 0 Å². The molecule has 2 N–H and O–H groups in total. The van der Waals surface area contributed by atoms with E-state index in [4.69, 9.17) is 5.73 Å². The van der Waals surface area contributed by atoms with Crippen molar-refractivity contribution in [2.24, 2.45) is 7.05 Å². The van der Waals surface area contributed by atoms with E-state index in [1.54, 1.807) is 11.6 Å². The molecule has 1 aromatic heterocycles. The lowest BCUT2D eigenvalue weighted by Crippen LogP contribution is -1.98. The van der Waals surface area contributed by atoms with E-state index in [2.05, 4.69) is 4.98 Å². The number of hydrogen-bond acceptors (Lipinski definition) is 2. The molecule has 0 aliphatic rings. The van der Waals surface area contributed by atoms with Gasteiger partial charge in [-0.2, -0.15) is 0 Å². The van der Waals surface area contributed by atoms with Gasteiger partial charge >= 0.3 is 0 Å². The van der Waals surface area contributed by atoms with E-state index in [9.17, 15) is 8.78 Å². The SMILES string of the molecule is Cn1c(-c2ccccc2)nc(-c2cc(F)cc(F)c2)c1N. The Balaban J connectivity index is 2.17. The quantitative estimate of drug-likeness (QED) is 0.781. The first kappa shape index (κ1) is 13.3. The zero-order chi connectivity index (χ0) is 15.0. The zero-order valence-corrected chi connectivity index (χ0v) is 11.3. The first-order valence-electron chi connectivity index (χ1n) is 6.40. The molecule has 2 aromatic carbocycles. The molecule has 0 unspecified atom stereocenters. The van der Waals surface area contributed by atoms with Gasteiger partial charge in [0.25, 0.3) is 0 Å². The van der Waals surface area contributed by atoms with Crippen LogP contribution in [0.5, 0.6) is 0 Å². The summed E-state index contributed by atoms with van der Waals surface area (Å²) in [5, 5.41) is 0. The van der Waals surface area contributed by atoms with Gasteiger partial charge in [-0.05, 0) is 12.1 Å². The maximum atomic E-state index is 13.4. The van der Waals surface area contributed by atoms with Crippen LogP contribution in [-0.4, -0.2) is 9.55 Å². The first-order chi connectivity index (χ1) is 10.1. The van der Waals surface area contributed by atoms with Gasteiger partial charge < -0.3 is 10.3 Å². The number of nitrogens with zero attached hydrogens (tertiary/aromatic N) is 2. The highest BCUT2D eigenvalue weighted by molar-refractivity contribution is 5.75. The predicted octanol–water partition coefficient (Wildman–Crippen LogP) is 3.61.